The van der Waals surface area contributed by atoms with E-state index in [1.165, 1.54) is 6.07 Å². The Balaban J connectivity index is 1.40. The topological polar surface area (TPSA) is 125 Å². The molecule has 0 aromatic heterocycles. The van der Waals surface area contributed by atoms with E-state index in [1.807, 2.05) is 53.8 Å². The summed E-state index contributed by atoms with van der Waals surface area (Å²) in [5.41, 5.74) is 3.92. The lowest BCUT2D eigenvalue weighted by atomic mass is 9.98. The Hall–Kier alpha value is -4.24. The highest BCUT2D eigenvalue weighted by atomic mass is 19.1. The molecular formula is C25H21FN2O6. The zero-order chi connectivity index (χ0) is 24.2. The first-order valence-electron chi connectivity index (χ1n) is 10.4. The maximum Gasteiger partial charge on any atom is 0.411 e. The van der Waals surface area contributed by atoms with Gasteiger partial charge in [-0.1, -0.05) is 48.5 Å². The summed E-state index contributed by atoms with van der Waals surface area (Å²) < 4.78 is 19.8. The van der Waals surface area contributed by atoms with E-state index in [4.69, 9.17) is 14.9 Å². The average Bonchev–Trinajstić information content (AvgIpc) is 3.14. The van der Waals surface area contributed by atoms with Crippen LogP contribution in [0.3, 0.4) is 0 Å². The molecule has 0 spiro atoms. The van der Waals surface area contributed by atoms with Gasteiger partial charge in [0, 0.05) is 11.6 Å². The van der Waals surface area contributed by atoms with E-state index >= 15 is 0 Å². The van der Waals surface area contributed by atoms with Crippen LogP contribution in [0.2, 0.25) is 0 Å². The van der Waals surface area contributed by atoms with Crippen molar-refractivity contribution in [1.82, 2.24) is 5.32 Å². The summed E-state index contributed by atoms with van der Waals surface area (Å²) in [4.78, 5) is 35.4. The van der Waals surface area contributed by atoms with Gasteiger partial charge in [0.2, 0.25) is 0 Å². The Labute approximate surface area is 194 Å². The summed E-state index contributed by atoms with van der Waals surface area (Å²) in [5.74, 6) is -3.57. The van der Waals surface area contributed by atoms with Crippen molar-refractivity contribution >= 4 is 23.7 Å². The van der Waals surface area contributed by atoms with Gasteiger partial charge in [-0.2, -0.15) is 0 Å². The van der Waals surface area contributed by atoms with E-state index in [0.29, 0.717) is 0 Å². The molecule has 8 nitrogen and oxygen atoms in total. The quantitative estimate of drug-likeness (QED) is 0.425. The number of hydrogen-bond acceptors (Lipinski definition) is 5. The number of nitrogens with one attached hydrogen (secondary N) is 2. The van der Waals surface area contributed by atoms with Gasteiger partial charge in [0.1, 0.15) is 12.4 Å². The van der Waals surface area contributed by atoms with Gasteiger partial charge in [0.25, 0.3) is 5.91 Å². The number of amides is 2. The lowest BCUT2D eigenvalue weighted by Crippen LogP contribution is -2.43. The molecule has 34 heavy (non-hydrogen) atoms. The second kappa shape index (κ2) is 9.72. The molecule has 1 atom stereocenters. The average molecular weight is 464 g/mol. The standard InChI is InChI=1S/C25H21FN2O6/c26-21-11-14(9-10-19(21)23(30)28-22(12-29)24(31)32)27-25(33)34-13-20-17-7-3-1-5-15(17)16-6-2-4-8-18(16)20/h1-11,20,22,29H,12-13H2,(H,27,33)(H,28,30)(H,31,32). The number of aliphatic carboxylic acids is 1. The zero-order valence-corrected chi connectivity index (χ0v) is 17.8. The molecule has 2 amide bonds. The van der Waals surface area contributed by atoms with Crippen LogP contribution in [0.5, 0.6) is 0 Å². The summed E-state index contributed by atoms with van der Waals surface area (Å²) >= 11 is 0. The minimum atomic E-state index is -1.56. The Morgan fingerprint density at radius 1 is 0.971 bits per heavy atom. The number of aliphatic hydroxyl groups excluding tert-OH is 1. The number of carboxylic acids is 1. The fourth-order valence-electron chi connectivity index (χ4n) is 3.95. The summed E-state index contributed by atoms with van der Waals surface area (Å²) in [6, 6.07) is 17.5. The monoisotopic (exact) mass is 464 g/mol. The smallest absolute Gasteiger partial charge is 0.411 e. The third-order valence-electron chi connectivity index (χ3n) is 5.59. The first-order valence-corrected chi connectivity index (χ1v) is 10.4. The lowest BCUT2D eigenvalue weighted by molar-refractivity contribution is -0.140. The van der Waals surface area contributed by atoms with Crippen molar-refractivity contribution in [1.29, 1.82) is 0 Å². The highest BCUT2D eigenvalue weighted by Crippen LogP contribution is 2.44. The van der Waals surface area contributed by atoms with Crippen molar-refractivity contribution in [3.63, 3.8) is 0 Å². The number of rotatable bonds is 7. The number of carboxylic acid groups (broad SMARTS) is 1. The van der Waals surface area contributed by atoms with Crippen molar-refractivity contribution < 1.29 is 33.7 Å². The first kappa shape index (κ1) is 22.9. The SMILES string of the molecule is O=C(Nc1ccc(C(=O)NC(CO)C(=O)O)c(F)c1)OCC1c2ccccc2-c2ccccc21. The second-order valence-corrected chi connectivity index (χ2v) is 7.69. The molecule has 9 heteroatoms. The maximum absolute atomic E-state index is 14.4. The molecule has 4 rings (SSSR count). The van der Waals surface area contributed by atoms with Crippen LogP contribution in [0.1, 0.15) is 27.4 Å². The van der Waals surface area contributed by atoms with Gasteiger partial charge >= 0.3 is 12.1 Å². The molecule has 1 unspecified atom stereocenters. The molecule has 1 aliphatic carbocycles. The van der Waals surface area contributed by atoms with Crippen LogP contribution in [0.15, 0.2) is 66.7 Å². The molecule has 1 aliphatic rings. The molecule has 4 N–H and O–H groups in total. The van der Waals surface area contributed by atoms with Crippen LogP contribution in [0.4, 0.5) is 14.9 Å². The van der Waals surface area contributed by atoms with Crippen molar-refractivity contribution in [2.24, 2.45) is 0 Å². The number of anilines is 1. The van der Waals surface area contributed by atoms with Gasteiger partial charge < -0.3 is 20.3 Å². The third kappa shape index (κ3) is 4.60. The molecule has 174 valence electrons. The number of carbonyl (C=O) groups excluding carboxylic acids is 2. The fraction of sp³-hybridized carbons (Fsp3) is 0.160. The molecule has 0 aliphatic heterocycles. The zero-order valence-electron chi connectivity index (χ0n) is 17.8. The fourth-order valence-corrected chi connectivity index (χ4v) is 3.95. The minimum absolute atomic E-state index is 0.0585. The van der Waals surface area contributed by atoms with Gasteiger partial charge in [-0.15, -0.1) is 0 Å². The number of benzene rings is 3. The van der Waals surface area contributed by atoms with E-state index in [2.05, 4.69) is 5.32 Å². The van der Waals surface area contributed by atoms with Crippen molar-refractivity contribution in [3.8, 4) is 11.1 Å². The van der Waals surface area contributed by atoms with E-state index < -0.39 is 42.0 Å². The highest BCUT2D eigenvalue weighted by Gasteiger charge is 2.29. The van der Waals surface area contributed by atoms with Crippen LogP contribution in [-0.4, -0.2) is 47.4 Å². The van der Waals surface area contributed by atoms with E-state index in [1.54, 1.807) is 0 Å². The highest BCUT2D eigenvalue weighted by molar-refractivity contribution is 5.97. The number of ether oxygens (including phenoxy) is 1. The van der Waals surface area contributed by atoms with Gasteiger partial charge in [-0.3, -0.25) is 10.1 Å². The molecular weight excluding hydrogens is 443 g/mol. The predicted molar refractivity (Wildman–Crippen MR) is 121 cm³/mol. The molecule has 0 saturated carbocycles. The number of hydrogen-bond donors (Lipinski definition) is 4. The first-order chi connectivity index (χ1) is 16.4. The largest absolute Gasteiger partial charge is 0.480 e. The Morgan fingerprint density at radius 3 is 2.15 bits per heavy atom. The van der Waals surface area contributed by atoms with Crippen LogP contribution in [0.25, 0.3) is 11.1 Å². The third-order valence-corrected chi connectivity index (χ3v) is 5.59. The van der Waals surface area contributed by atoms with Crippen LogP contribution in [-0.2, 0) is 9.53 Å². The predicted octanol–water partition coefficient (Wildman–Crippen LogP) is 3.36. The molecule has 0 fully saturated rings. The molecule has 0 bridgehead atoms. The van der Waals surface area contributed by atoms with Crippen LogP contribution in [0, 0.1) is 5.82 Å². The van der Waals surface area contributed by atoms with Gasteiger partial charge in [-0.25, -0.2) is 14.0 Å². The summed E-state index contributed by atoms with van der Waals surface area (Å²) in [6.45, 7) is -0.759. The van der Waals surface area contributed by atoms with Crippen molar-refractivity contribution in [2.45, 2.75) is 12.0 Å². The molecule has 0 saturated heterocycles. The number of halogens is 1. The number of carbonyl (C=O) groups is 3. The summed E-state index contributed by atoms with van der Waals surface area (Å²) in [6.07, 6.45) is -0.787. The molecule has 0 heterocycles. The van der Waals surface area contributed by atoms with E-state index in [0.717, 1.165) is 34.4 Å². The van der Waals surface area contributed by atoms with E-state index in [-0.39, 0.29) is 18.2 Å². The van der Waals surface area contributed by atoms with Gasteiger partial charge in [0.05, 0.1) is 12.2 Å². The second-order valence-electron chi connectivity index (χ2n) is 7.69. The molecule has 3 aromatic rings. The number of fused-ring (bicyclic) bond motifs is 3. The Kier molecular flexibility index (Phi) is 6.55. The Morgan fingerprint density at radius 2 is 1.59 bits per heavy atom. The van der Waals surface area contributed by atoms with Crippen LogP contribution >= 0.6 is 0 Å². The Bertz CT molecular complexity index is 1220. The van der Waals surface area contributed by atoms with Crippen molar-refractivity contribution in [2.75, 3.05) is 18.5 Å². The molecule has 0 radical (unpaired) electrons. The summed E-state index contributed by atoms with van der Waals surface area (Å²) in [5, 5.41) is 22.3. The van der Waals surface area contributed by atoms with E-state index in [9.17, 15) is 18.8 Å². The number of aliphatic hydroxyl groups is 1. The maximum atomic E-state index is 14.4. The van der Waals surface area contributed by atoms with Gasteiger partial charge in [-0.05, 0) is 40.5 Å². The normalized spacial score (nSPS) is 12.9. The van der Waals surface area contributed by atoms with Crippen LogP contribution < -0.4 is 10.6 Å². The minimum Gasteiger partial charge on any atom is -0.480 e. The van der Waals surface area contributed by atoms with Crippen molar-refractivity contribution in [3.05, 3.63) is 89.2 Å². The lowest BCUT2D eigenvalue weighted by Gasteiger charge is -2.15. The van der Waals surface area contributed by atoms with Gasteiger partial charge in [0.15, 0.2) is 6.04 Å². The molecule has 3 aromatic carbocycles. The summed E-state index contributed by atoms with van der Waals surface area (Å²) in [7, 11) is 0.